The number of benzene rings is 1. The monoisotopic (exact) mass is 272 g/mol. The first-order valence-corrected chi connectivity index (χ1v) is 6.20. The summed E-state index contributed by atoms with van der Waals surface area (Å²) in [5.74, 6) is 0.839. The highest BCUT2D eigenvalue weighted by molar-refractivity contribution is 6.30. The van der Waals surface area contributed by atoms with Gasteiger partial charge in [-0.15, -0.1) is 0 Å². The Morgan fingerprint density at radius 1 is 1.39 bits per heavy atom. The van der Waals surface area contributed by atoms with Gasteiger partial charge in [0.1, 0.15) is 5.75 Å². The Balaban J connectivity index is 2.63. The molecule has 0 fully saturated rings. The Labute approximate surface area is 114 Å². The van der Waals surface area contributed by atoms with Crippen LogP contribution in [0.2, 0.25) is 5.02 Å². The SMILES string of the molecule is COCC(N)CN(C)Cc1cc(Cl)ccc1OC. The average Bonchev–Trinajstić information content (AvgIpc) is 2.29. The van der Waals surface area contributed by atoms with Crippen molar-refractivity contribution in [2.45, 2.75) is 12.6 Å². The predicted octanol–water partition coefficient (Wildman–Crippen LogP) is 1.75. The van der Waals surface area contributed by atoms with E-state index in [2.05, 4.69) is 4.90 Å². The lowest BCUT2D eigenvalue weighted by molar-refractivity contribution is 0.159. The third-order valence-electron chi connectivity index (χ3n) is 2.61. The van der Waals surface area contributed by atoms with E-state index in [-0.39, 0.29) is 6.04 Å². The standard InChI is InChI=1S/C13H21ClN2O2/c1-16(8-12(15)9-17-2)7-10-6-11(14)4-5-13(10)18-3/h4-6,12H,7-9,15H2,1-3H3. The van der Waals surface area contributed by atoms with Gasteiger partial charge in [0.15, 0.2) is 0 Å². The highest BCUT2D eigenvalue weighted by atomic mass is 35.5. The molecule has 1 unspecified atom stereocenters. The van der Waals surface area contributed by atoms with Crippen LogP contribution in [0.4, 0.5) is 0 Å². The molecular formula is C13H21ClN2O2. The summed E-state index contributed by atoms with van der Waals surface area (Å²) >= 11 is 5.99. The minimum atomic E-state index is 0.00480. The van der Waals surface area contributed by atoms with Crippen molar-refractivity contribution < 1.29 is 9.47 Å². The number of nitrogens with two attached hydrogens (primary N) is 1. The van der Waals surface area contributed by atoms with Crippen molar-refractivity contribution in [1.82, 2.24) is 4.90 Å². The van der Waals surface area contributed by atoms with Crippen molar-refractivity contribution in [3.05, 3.63) is 28.8 Å². The van der Waals surface area contributed by atoms with Gasteiger partial charge in [0.2, 0.25) is 0 Å². The van der Waals surface area contributed by atoms with E-state index in [4.69, 9.17) is 26.8 Å². The van der Waals surface area contributed by atoms with E-state index in [1.807, 2.05) is 25.2 Å². The van der Waals surface area contributed by atoms with E-state index < -0.39 is 0 Å². The van der Waals surface area contributed by atoms with Gasteiger partial charge in [-0.2, -0.15) is 0 Å². The molecule has 18 heavy (non-hydrogen) atoms. The Bertz CT molecular complexity index is 374. The minimum Gasteiger partial charge on any atom is -0.496 e. The van der Waals surface area contributed by atoms with E-state index in [0.29, 0.717) is 11.6 Å². The maximum atomic E-state index is 5.99. The smallest absolute Gasteiger partial charge is 0.123 e. The van der Waals surface area contributed by atoms with Gasteiger partial charge in [0, 0.05) is 36.8 Å². The van der Waals surface area contributed by atoms with Crippen molar-refractivity contribution in [2.24, 2.45) is 5.73 Å². The Morgan fingerprint density at radius 2 is 2.11 bits per heavy atom. The summed E-state index contributed by atoms with van der Waals surface area (Å²) in [5, 5.41) is 0.709. The van der Waals surface area contributed by atoms with Crippen molar-refractivity contribution in [3.8, 4) is 5.75 Å². The number of hydrogen-bond acceptors (Lipinski definition) is 4. The van der Waals surface area contributed by atoms with Crippen LogP contribution >= 0.6 is 11.6 Å². The Hall–Kier alpha value is -0.810. The first-order chi connectivity index (χ1) is 8.56. The van der Waals surface area contributed by atoms with Crippen LogP contribution in [0.5, 0.6) is 5.75 Å². The van der Waals surface area contributed by atoms with Crippen LogP contribution < -0.4 is 10.5 Å². The highest BCUT2D eigenvalue weighted by Gasteiger charge is 2.10. The number of rotatable bonds is 7. The quantitative estimate of drug-likeness (QED) is 0.822. The molecule has 1 rings (SSSR count). The number of methoxy groups -OCH3 is 2. The van der Waals surface area contributed by atoms with Crippen molar-refractivity contribution in [3.63, 3.8) is 0 Å². The van der Waals surface area contributed by atoms with Crippen LogP contribution in [-0.2, 0) is 11.3 Å². The predicted molar refractivity (Wildman–Crippen MR) is 74.2 cm³/mol. The van der Waals surface area contributed by atoms with Crippen LogP contribution in [0.3, 0.4) is 0 Å². The van der Waals surface area contributed by atoms with Gasteiger partial charge in [-0.1, -0.05) is 11.6 Å². The van der Waals surface area contributed by atoms with E-state index in [9.17, 15) is 0 Å². The second-order valence-electron chi connectivity index (χ2n) is 4.37. The largest absolute Gasteiger partial charge is 0.496 e. The normalized spacial score (nSPS) is 12.8. The zero-order valence-corrected chi connectivity index (χ0v) is 11.9. The van der Waals surface area contributed by atoms with E-state index in [1.165, 1.54) is 0 Å². The fourth-order valence-electron chi connectivity index (χ4n) is 1.89. The van der Waals surface area contributed by atoms with Crippen molar-refractivity contribution >= 4 is 11.6 Å². The molecule has 1 aromatic carbocycles. The summed E-state index contributed by atoms with van der Waals surface area (Å²) in [6, 6.07) is 5.62. The molecule has 1 atom stereocenters. The molecule has 0 radical (unpaired) electrons. The first kappa shape index (κ1) is 15.2. The molecule has 0 aliphatic rings. The molecule has 0 bridgehead atoms. The summed E-state index contributed by atoms with van der Waals surface area (Å²) in [4.78, 5) is 2.12. The minimum absolute atomic E-state index is 0.00480. The van der Waals surface area contributed by atoms with Crippen LogP contribution in [0, 0.1) is 0 Å². The number of halogens is 1. The zero-order valence-electron chi connectivity index (χ0n) is 11.1. The van der Waals surface area contributed by atoms with Crippen LogP contribution in [0.15, 0.2) is 18.2 Å². The molecule has 5 heteroatoms. The van der Waals surface area contributed by atoms with Crippen LogP contribution in [0.1, 0.15) is 5.56 Å². The summed E-state index contributed by atoms with van der Waals surface area (Å²) in [5.41, 5.74) is 6.97. The molecule has 0 aliphatic carbocycles. The molecule has 0 aliphatic heterocycles. The lowest BCUT2D eigenvalue weighted by Crippen LogP contribution is -2.38. The maximum Gasteiger partial charge on any atom is 0.123 e. The summed E-state index contributed by atoms with van der Waals surface area (Å²) in [6.45, 7) is 2.04. The summed E-state index contributed by atoms with van der Waals surface area (Å²) in [6.07, 6.45) is 0. The number of nitrogens with zero attached hydrogens (tertiary/aromatic N) is 1. The molecule has 0 saturated carbocycles. The lowest BCUT2D eigenvalue weighted by Gasteiger charge is -2.22. The molecule has 102 valence electrons. The van der Waals surface area contributed by atoms with Gasteiger partial charge in [0.25, 0.3) is 0 Å². The van der Waals surface area contributed by atoms with Crippen molar-refractivity contribution in [2.75, 3.05) is 34.4 Å². The molecule has 0 aromatic heterocycles. The summed E-state index contributed by atoms with van der Waals surface area (Å²) in [7, 11) is 5.32. The van der Waals surface area contributed by atoms with E-state index in [1.54, 1.807) is 14.2 Å². The third-order valence-corrected chi connectivity index (χ3v) is 2.84. The van der Waals surface area contributed by atoms with Gasteiger partial charge in [-0.25, -0.2) is 0 Å². The Morgan fingerprint density at radius 3 is 2.72 bits per heavy atom. The second-order valence-corrected chi connectivity index (χ2v) is 4.80. The van der Waals surface area contributed by atoms with E-state index in [0.717, 1.165) is 24.4 Å². The molecule has 0 spiro atoms. The topological polar surface area (TPSA) is 47.7 Å². The number of likely N-dealkylation sites (N-methyl/N-ethyl adjacent to an activating group) is 1. The van der Waals surface area contributed by atoms with E-state index >= 15 is 0 Å². The second kappa shape index (κ2) is 7.59. The van der Waals surface area contributed by atoms with Gasteiger partial charge in [-0.3, -0.25) is 0 Å². The fourth-order valence-corrected chi connectivity index (χ4v) is 2.09. The summed E-state index contributed by atoms with van der Waals surface area (Å²) < 4.78 is 10.3. The average molecular weight is 273 g/mol. The molecular weight excluding hydrogens is 252 g/mol. The van der Waals surface area contributed by atoms with Gasteiger partial charge < -0.3 is 20.1 Å². The maximum absolute atomic E-state index is 5.99. The van der Waals surface area contributed by atoms with Gasteiger partial charge in [0.05, 0.1) is 13.7 Å². The highest BCUT2D eigenvalue weighted by Crippen LogP contribution is 2.23. The Kier molecular flexibility index (Phi) is 6.43. The van der Waals surface area contributed by atoms with Gasteiger partial charge in [-0.05, 0) is 25.2 Å². The van der Waals surface area contributed by atoms with Gasteiger partial charge >= 0.3 is 0 Å². The molecule has 4 nitrogen and oxygen atoms in total. The molecule has 0 saturated heterocycles. The number of hydrogen-bond donors (Lipinski definition) is 1. The number of ether oxygens (including phenoxy) is 2. The lowest BCUT2D eigenvalue weighted by atomic mass is 10.2. The molecule has 0 heterocycles. The molecule has 0 amide bonds. The third kappa shape index (κ3) is 4.82. The molecule has 1 aromatic rings. The zero-order chi connectivity index (χ0) is 13.5. The van der Waals surface area contributed by atoms with Crippen molar-refractivity contribution in [1.29, 1.82) is 0 Å². The fraction of sp³-hybridized carbons (Fsp3) is 0.538. The molecule has 2 N–H and O–H groups in total. The van der Waals surface area contributed by atoms with Crippen LogP contribution in [-0.4, -0.2) is 45.4 Å². The van der Waals surface area contributed by atoms with Crippen LogP contribution in [0.25, 0.3) is 0 Å². The first-order valence-electron chi connectivity index (χ1n) is 5.82.